The maximum Gasteiger partial charge on any atom is 0.242 e. The predicted octanol–water partition coefficient (Wildman–Crippen LogP) is 3.68. The highest BCUT2D eigenvalue weighted by Crippen LogP contribution is 2.21. The Labute approximate surface area is 126 Å². The molecule has 0 radical (unpaired) electrons. The second kappa shape index (κ2) is 6.93. The fourth-order valence-electron chi connectivity index (χ4n) is 2.11. The van der Waals surface area contributed by atoms with Crippen molar-refractivity contribution in [2.75, 3.05) is 5.32 Å². The third-order valence-corrected chi connectivity index (χ3v) is 3.20. The van der Waals surface area contributed by atoms with Gasteiger partial charge in [-0.25, -0.2) is 0 Å². The second-order valence-electron chi connectivity index (χ2n) is 5.47. The summed E-state index contributed by atoms with van der Waals surface area (Å²) >= 11 is 0. The van der Waals surface area contributed by atoms with Crippen LogP contribution in [0.1, 0.15) is 20.8 Å². The molecule has 0 spiro atoms. The van der Waals surface area contributed by atoms with Gasteiger partial charge in [0.15, 0.2) is 0 Å². The number of carbonyl (C=O) groups excluding carboxylic acids is 1. The Morgan fingerprint density at radius 2 is 1.43 bits per heavy atom. The van der Waals surface area contributed by atoms with E-state index in [1.54, 1.807) is 0 Å². The molecule has 0 aliphatic carbocycles. The van der Waals surface area contributed by atoms with Crippen LogP contribution >= 0.6 is 0 Å². The molecule has 2 aromatic rings. The van der Waals surface area contributed by atoms with Crippen LogP contribution in [0.15, 0.2) is 54.6 Å². The first kappa shape index (κ1) is 15.1. The molecule has 2 N–H and O–H groups in total. The summed E-state index contributed by atoms with van der Waals surface area (Å²) < 4.78 is 0. The Balaban J connectivity index is 2.01. The number of carbonyl (C=O) groups is 1. The molecule has 3 nitrogen and oxygen atoms in total. The summed E-state index contributed by atoms with van der Waals surface area (Å²) in [6.07, 6.45) is 0. The van der Waals surface area contributed by atoms with Gasteiger partial charge in [-0.3, -0.25) is 4.79 Å². The molecule has 110 valence electrons. The van der Waals surface area contributed by atoms with E-state index in [4.69, 9.17) is 0 Å². The average molecular weight is 282 g/mol. The van der Waals surface area contributed by atoms with Crippen LogP contribution in [0, 0.1) is 0 Å². The summed E-state index contributed by atoms with van der Waals surface area (Å²) in [5.74, 6) is 0.0112. The molecule has 3 heteroatoms. The maximum atomic E-state index is 11.9. The Kier molecular flexibility index (Phi) is 4.99. The highest BCUT2D eigenvalue weighted by atomic mass is 16.2. The van der Waals surface area contributed by atoms with E-state index in [1.807, 2.05) is 51.1 Å². The van der Waals surface area contributed by atoms with Crippen LogP contribution in [-0.2, 0) is 4.79 Å². The van der Waals surface area contributed by atoms with Crippen molar-refractivity contribution in [3.05, 3.63) is 54.6 Å². The molecule has 2 rings (SSSR count). The number of amides is 1. The molecule has 1 amide bonds. The van der Waals surface area contributed by atoms with Crippen LogP contribution in [0.25, 0.3) is 11.1 Å². The van der Waals surface area contributed by atoms with Gasteiger partial charge in [0.05, 0.1) is 0 Å². The van der Waals surface area contributed by atoms with E-state index in [0.717, 1.165) is 5.69 Å². The lowest BCUT2D eigenvalue weighted by atomic mass is 10.1. The normalized spacial score (nSPS) is 12.0. The smallest absolute Gasteiger partial charge is 0.242 e. The van der Waals surface area contributed by atoms with Crippen LogP contribution < -0.4 is 10.6 Å². The van der Waals surface area contributed by atoms with E-state index in [1.165, 1.54) is 11.1 Å². The van der Waals surface area contributed by atoms with Crippen molar-refractivity contribution in [3.8, 4) is 11.1 Å². The zero-order valence-corrected chi connectivity index (χ0v) is 12.8. The molecule has 0 aliphatic heterocycles. The Bertz CT molecular complexity index is 576. The van der Waals surface area contributed by atoms with E-state index >= 15 is 0 Å². The molecular formula is C18H22N2O. The number of rotatable bonds is 5. The second-order valence-corrected chi connectivity index (χ2v) is 5.47. The van der Waals surface area contributed by atoms with Gasteiger partial charge in [0.2, 0.25) is 5.91 Å². The van der Waals surface area contributed by atoms with E-state index in [-0.39, 0.29) is 18.0 Å². The molecule has 21 heavy (non-hydrogen) atoms. The molecule has 0 saturated heterocycles. The minimum Gasteiger partial charge on any atom is -0.374 e. The number of nitrogens with one attached hydrogen (secondary N) is 2. The molecule has 1 atom stereocenters. The summed E-state index contributed by atoms with van der Waals surface area (Å²) in [6.45, 7) is 5.78. The minimum atomic E-state index is -0.255. The van der Waals surface area contributed by atoms with Gasteiger partial charge in [0.25, 0.3) is 0 Å². The highest BCUT2D eigenvalue weighted by molar-refractivity contribution is 5.84. The maximum absolute atomic E-state index is 11.9. The van der Waals surface area contributed by atoms with Crippen molar-refractivity contribution < 1.29 is 4.79 Å². The fourth-order valence-corrected chi connectivity index (χ4v) is 2.11. The zero-order chi connectivity index (χ0) is 15.2. The molecule has 0 heterocycles. The van der Waals surface area contributed by atoms with Crippen molar-refractivity contribution in [1.82, 2.24) is 5.32 Å². The minimum absolute atomic E-state index is 0.0112. The molecule has 0 saturated carbocycles. The summed E-state index contributed by atoms with van der Waals surface area (Å²) in [5.41, 5.74) is 3.30. The first-order valence-corrected chi connectivity index (χ1v) is 7.28. The summed E-state index contributed by atoms with van der Waals surface area (Å²) in [7, 11) is 0. The molecule has 0 bridgehead atoms. The van der Waals surface area contributed by atoms with Crippen molar-refractivity contribution in [3.63, 3.8) is 0 Å². The quantitative estimate of drug-likeness (QED) is 0.878. The molecular weight excluding hydrogens is 260 g/mol. The van der Waals surface area contributed by atoms with Gasteiger partial charge < -0.3 is 10.6 Å². The SMILES string of the molecule is CC(C)NC(=O)C(C)Nc1ccc(-c2ccccc2)cc1. The Morgan fingerprint density at radius 3 is 2.00 bits per heavy atom. The molecule has 2 aromatic carbocycles. The first-order chi connectivity index (χ1) is 10.1. The van der Waals surface area contributed by atoms with Gasteiger partial charge in [-0.05, 0) is 44.0 Å². The number of benzene rings is 2. The van der Waals surface area contributed by atoms with Crippen LogP contribution in [0.5, 0.6) is 0 Å². The third-order valence-electron chi connectivity index (χ3n) is 3.20. The van der Waals surface area contributed by atoms with E-state index < -0.39 is 0 Å². The van der Waals surface area contributed by atoms with Crippen molar-refractivity contribution >= 4 is 11.6 Å². The standard InChI is InChI=1S/C18H22N2O/c1-13(2)19-18(21)14(3)20-17-11-9-16(10-12-17)15-7-5-4-6-8-15/h4-14,20H,1-3H3,(H,19,21). The van der Waals surface area contributed by atoms with Crippen LogP contribution in [0.4, 0.5) is 5.69 Å². The molecule has 1 unspecified atom stereocenters. The van der Waals surface area contributed by atoms with E-state index in [9.17, 15) is 4.79 Å². The van der Waals surface area contributed by atoms with E-state index in [0.29, 0.717) is 0 Å². The lowest BCUT2D eigenvalue weighted by Gasteiger charge is -2.17. The topological polar surface area (TPSA) is 41.1 Å². The van der Waals surface area contributed by atoms with Crippen LogP contribution in [0.3, 0.4) is 0 Å². The van der Waals surface area contributed by atoms with Crippen molar-refractivity contribution in [2.45, 2.75) is 32.9 Å². The highest BCUT2D eigenvalue weighted by Gasteiger charge is 2.13. The lowest BCUT2D eigenvalue weighted by Crippen LogP contribution is -2.40. The average Bonchev–Trinajstić information content (AvgIpc) is 2.48. The first-order valence-electron chi connectivity index (χ1n) is 7.28. The number of hydrogen-bond acceptors (Lipinski definition) is 2. The Hall–Kier alpha value is -2.29. The lowest BCUT2D eigenvalue weighted by molar-refractivity contribution is -0.122. The van der Waals surface area contributed by atoms with Crippen LogP contribution in [0.2, 0.25) is 0 Å². The van der Waals surface area contributed by atoms with Crippen LogP contribution in [-0.4, -0.2) is 18.0 Å². The van der Waals surface area contributed by atoms with Gasteiger partial charge >= 0.3 is 0 Å². The van der Waals surface area contributed by atoms with Crippen molar-refractivity contribution in [1.29, 1.82) is 0 Å². The monoisotopic (exact) mass is 282 g/mol. The number of hydrogen-bond donors (Lipinski definition) is 2. The fraction of sp³-hybridized carbons (Fsp3) is 0.278. The zero-order valence-electron chi connectivity index (χ0n) is 12.8. The van der Waals surface area contributed by atoms with Gasteiger partial charge in [-0.15, -0.1) is 0 Å². The van der Waals surface area contributed by atoms with E-state index in [2.05, 4.69) is 34.9 Å². The van der Waals surface area contributed by atoms with Crippen molar-refractivity contribution in [2.24, 2.45) is 0 Å². The predicted molar refractivity (Wildman–Crippen MR) is 88.2 cm³/mol. The third kappa shape index (κ3) is 4.35. The number of anilines is 1. The Morgan fingerprint density at radius 1 is 0.857 bits per heavy atom. The summed E-state index contributed by atoms with van der Waals surface area (Å²) in [4.78, 5) is 11.9. The molecule has 0 fully saturated rings. The molecule has 0 aromatic heterocycles. The van der Waals surface area contributed by atoms with Gasteiger partial charge in [-0.2, -0.15) is 0 Å². The molecule has 0 aliphatic rings. The van der Waals surface area contributed by atoms with Gasteiger partial charge in [0.1, 0.15) is 6.04 Å². The summed E-state index contributed by atoms with van der Waals surface area (Å²) in [6, 6.07) is 18.3. The summed E-state index contributed by atoms with van der Waals surface area (Å²) in [5, 5.41) is 6.11. The van der Waals surface area contributed by atoms with Gasteiger partial charge in [-0.1, -0.05) is 42.5 Å². The van der Waals surface area contributed by atoms with Gasteiger partial charge in [0, 0.05) is 11.7 Å². The largest absolute Gasteiger partial charge is 0.374 e.